The summed E-state index contributed by atoms with van der Waals surface area (Å²) in [5, 5.41) is 8.85. The second kappa shape index (κ2) is 7.34. The molecule has 1 aliphatic heterocycles. The quantitative estimate of drug-likeness (QED) is 0.852. The Morgan fingerprint density at radius 2 is 1.80 bits per heavy atom. The van der Waals surface area contributed by atoms with E-state index in [2.05, 4.69) is 14.9 Å². The van der Waals surface area contributed by atoms with Gasteiger partial charge < -0.3 is 14.5 Å². The Morgan fingerprint density at radius 1 is 1.12 bits per heavy atom. The predicted molar refractivity (Wildman–Crippen MR) is 93.3 cm³/mol. The molecule has 0 bridgehead atoms. The summed E-state index contributed by atoms with van der Waals surface area (Å²) in [5.41, 5.74) is 0.853. The molecular formula is C18H20FN5O. The molecule has 1 aromatic carbocycles. The van der Waals surface area contributed by atoms with E-state index in [1.54, 1.807) is 24.5 Å². The monoisotopic (exact) mass is 341 g/mol. The summed E-state index contributed by atoms with van der Waals surface area (Å²) in [6.45, 7) is 6.58. The summed E-state index contributed by atoms with van der Waals surface area (Å²) in [6, 6.07) is 6.54. The molecule has 130 valence electrons. The van der Waals surface area contributed by atoms with Crippen molar-refractivity contribution in [1.29, 1.82) is 5.26 Å². The molecule has 1 saturated heterocycles. The van der Waals surface area contributed by atoms with Crippen molar-refractivity contribution in [2.75, 3.05) is 36.0 Å². The molecule has 0 N–H and O–H groups in total. The highest BCUT2D eigenvalue weighted by Crippen LogP contribution is 2.27. The highest BCUT2D eigenvalue weighted by molar-refractivity contribution is 5.54. The van der Waals surface area contributed by atoms with Gasteiger partial charge in [0.2, 0.25) is 0 Å². The first-order chi connectivity index (χ1) is 12.1. The first-order valence-corrected chi connectivity index (χ1v) is 8.25. The molecule has 0 radical (unpaired) electrons. The molecule has 1 aromatic heterocycles. The molecule has 3 rings (SSSR count). The van der Waals surface area contributed by atoms with Gasteiger partial charge in [-0.25, -0.2) is 14.4 Å². The van der Waals surface area contributed by atoms with Gasteiger partial charge in [0.25, 0.3) is 5.88 Å². The first-order valence-electron chi connectivity index (χ1n) is 8.25. The maximum atomic E-state index is 14.2. The number of nitrogens with zero attached hydrogens (tertiary/aromatic N) is 5. The third-order valence-electron chi connectivity index (χ3n) is 3.99. The second-order valence-electron chi connectivity index (χ2n) is 6.10. The summed E-state index contributed by atoms with van der Waals surface area (Å²) < 4.78 is 19.9. The number of hydrogen-bond acceptors (Lipinski definition) is 6. The smallest absolute Gasteiger partial charge is 0.257 e. The van der Waals surface area contributed by atoms with E-state index in [1.165, 1.54) is 6.07 Å². The standard InChI is InChI=1S/C18H20FN5O/c1-13(2)25-18-17(21-5-6-22-18)24-9-7-23(8-10-24)16-4-3-14(12-20)11-15(16)19/h3-6,11,13H,7-10H2,1-2H3. The molecule has 0 amide bonds. The lowest BCUT2D eigenvalue weighted by molar-refractivity contribution is 0.232. The number of piperazine rings is 1. The van der Waals surface area contributed by atoms with E-state index in [-0.39, 0.29) is 11.9 Å². The van der Waals surface area contributed by atoms with Crippen molar-refractivity contribution in [3.8, 4) is 11.9 Å². The van der Waals surface area contributed by atoms with Gasteiger partial charge in [-0.05, 0) is 32.0 Å². The number of nitriles is 1. The summed E-state index contributed by atoms with van der Waals surface area (Å²) in [5.74, 6) is 0.877. The van der Waals surface area contributed by atoms with Crippen molar-refractivity contribution in [1.82, 2.24) is 9.97 Å². The summed E-state index contributed by atoms with van der Waals surface area (Å²) in [7, 11) is 0. The van der Waals surface area contributed by atoms with Crippen LogP contribution in [0.5, 0.6) is 5.88 Å². The normalized spacial score (nSPS) is 14.5. The predicted octanol–water partition coefficient (Wildman–Crippen LogP) is 2.60. The molecule has 2 heterocycles. The number of benzene rings is 1. The van der Waals surface area contributed by atoms with Gasteiger partial charge in [0.05, 0.1) is 23.4 Å². The molecule has 7 heteroatoms. The van der Waals surface area contributed by atoms with E-state index >= 15 is 0 Å². The van der Waals surface area contributed by atoms with E-state index < -0.39 is 0 Å². The minimum atomic E-state index is -0.365. The van der Waals surface area contributed by atoms with Crippen molar-refractivity contribution < 1.29 is 9.13 Å². The zero-order chi connectivity index (χ0) is 17.8. The molecule has 0 atom stereocenters. The molecular weight excluding hydrogens is 321 g/mol. The van der Waals surface area contributed by atoms with Crippen molar-refractivity contribution in [2.45, 2.75) is 20.0 Å². The van der Waals surface area contributed by atoms with Crippen LogP contribution in [0.2, 0.25) is 0 Å². The summed E-state index contributed by atoms with van der Waals surface area (Å²) >= 11 is 0. The third-order valence-corrected chi connectivity index (χ3v) is 3.99. The number of aromatic nitrogens is 2. The van der Waals surface area contributed by atoms with E-state index in [1.807, 2.05) is 24.8 Å². The maximum Gasteiger partial charge on any atom is 0.257 e. The average molecular weight is 341 g/mol. The number of anilines is 2. The Bertz CT molecular complexity index is 781. The summed E-state index contributed by atoms with van der Waals surface area (Å²) in [4.78, 5) is 12.8. The van der Waals surface area contributed by atoms with Gasteiger partial charge in [0.15, 0.2) is 5.82 Å². The van der Waals surface area contributed by atoms with Gasteiger partial charge in [-0.2, -0.15) is 5.26 Å². The molecule has 0 saturated carbocycles. The molecule has 25 heavy (non-hydrogen) atoms. The van der Waals surface area contributed by atoms with Crippen LogP contribution in [0, 0.1) is 17.1 Å². The lowest BCUT2D eigenvalue weighted by Crippen LogP contribution is -2.47. The topological polar surface area (TPSA) is 65.3 Å². The maximum absolute atomic E-state index is 14.2. The first kappa shape index (κ1) is 17.0. The molecule has 6 nitrogen and oxygen atoms in total. The molecule has 0 unspecified atom stereocenters. The molecule has 1 aliphatic rings. The number of hydrogen-bond donors (Lipinski definition) is 0. The fraction of sp³-hybridized carbons (Fsp3) is 0.389. The van der Waals surface area contributed by atoms with Crippen LogP contribution in [-0.2, 0) is 0 Å². The van der Waals surface area contributed by atoms with Gasteiger partial charge in [-0.3, -0.25) is 0 Å². The van der Waals surface area contributed by atoms with Crippen molar-refractivity contribution >= 4 is 11.5 Å². The van der Waals surface area contributed by atoms with Crippen molar-refractivity contribution in [3.63, 3.8) is 0 Å². The van der Waals surface area contributed by atoms with Crippen LogP contribution in [0.3, 0.4) is 0 Å². The summed E-state index contributed by atoms with van der Waals surface area (Å²) in [6.07, 6.45) is 3.28. The van der Waals surface area contributed by atoms with Gasteiger partial charge in [0, 0.05) is 38.6 Å². The van der Waals surface area contributed by atoms with Gasteiger partial charge in [-0.15, -0.1) is 0 Å². The third kappa shape index (κ3) is 3.79. The zero-order valence-electron chi connectivity index (χ0n) is 14.3. The lowest BCUT2D eigenvalue weighted by Gasteiger charge is -2.37. The van der Waals surface area contributed by atoms with E-state index in [9.17, 15) is 4.39 Å². The second-order valence-corrected chi connectivity index (χ2v) is 6.10. The van der Waals surface area contributed by atoms with Crippen LogP contribution in [-0.4, -0.2) is 42.3 Å². The van der Waals surface area contributed by atoms with Crippen LogP contribution in [0.4, 0.5) is 15.9 Å². The highest BCUT2D eigenvalue weighted by atomic mass is 19.1. The van der Waals surface area contributed by atoms with Crippen LogP contribution in [0.25, 0.3) is 0 Å². The van der Waals surface area contributed by atoms with E-state index in [0.29, 0.717) is 43.3 Å². The minimum Gasteiger partial charge on any atom is -0.472 e. The van der Waals surface area contributed by atoms with Crippen LogP contribution in [0.15, 0.2) is 30.6 Å². The Labute approximate surface area is 146 Å². The number of halogens is 1. The molecule has 0 spiro atoms. The van der Waals surface area contributed by atoms with Crippen molar-refractivity contribution in [3.05, 3.63) is 42.0 Å². The minimum absolute atomic E-state index is 0.0180. The Morgan fingerprint density at radius 3 is 2.44 bits per heavy atom. The Kier molecular flexibility index (Phi) is 4.98. The van der Waals surface area contributed by atoms with Gasteiger partial charge in [0.1, 0.15) is 5.82 Å². The molecule has 0 aliphatic carbocycles. The SMILES string of the molecule is CC(C)Oc1nccnc1N1CCN(c2ccc(C#N)cc2F)CC1. The van der Waals surface area contributed by atoms with Crippen LogP contribution >= 0.6 is 0 Å². The Hall–Kier alpha value is -2.88. The number of rotatable bonds is 4. The Balaban J connectivity index is 1.72. The van der Waals surface area contributed by atoms with Crippen LogP contribution < -0.4 is 14.5 Å². The highest BCUT2D eigenvalue weighted by Gasteiger charge is 2.23. The van der Waals surface area contributed by atoms with Gasteiger partial charge >= 0.3 is 0 Å². The number of ether oxygens (including phenoxy) is 1. The van der Waals surface area contributed by atoms with Gasteiger partial charge in [-0.1, -0.05) is 0 Å². The van der Waals surface area contributed by atoms with Crippen LogP contribution in [0.1, 0.15) is 19.4 Å². The lowest BCUT2D eigenvalue weighted by atomic mass is 10.2. The zero-order valence-corrected chi connectivity index (χ0v) is 14.3. The average Bonchev–Trinajstić information content (AvgIpc) is 2.62. The van der Waals surface area contributed by atoms with E-state index in [4.69, 9.17) is 10.00 Å². The van der Waals surface area contributed by atoms with Crippen molar-refractivity contribution in [2.24, 2.45) is 0 Å². The molecule has 2 aromatic rings. The fourth-order valence-electron chi connectivity index (χ4n) is 2.83. The largest absolute Gasteiger partial charge is 0.472 e. The fourth-order valence-corrected chi connectivity index (χ4v) is 2.83. The molecule has 1 fully saturated rings. The van der Waals surface area contributed by atoms with E-state index in [0.717, 1.165) is 5.82 Å².